The lowest BCUT2D eigenvalue weighted by Gasteiger charge is -1.86. The van der Waals surface area contributed by atoms with Crippen LogP contribution in [0.4, 0.5) is 8.78 Å². The first-order chi connectivity index (χ1) is 4.72. The van der Waals surface area contributed by atoms with E-state index in [-0.39, 0.29) is 0 Å². The van der Waals surface area contributed by atoms with Gasteiger partial charge in [-0.15, -0.1) is 0 Å². The summed E-state index contributed by atoms with van der Waals surface area (Å²) in [5, 5.41) is 8.05. The van der Waals surface area contributed by atoms with Gasteiger partial charge in [0.05, 0.1) is 0 Å². The lowest BCUT2D eigenvalue weighted by Crippen LogP contribution is -2.00. The minimum atomic E-state index is -1.29. The molecule has 1 aromatic heterocycles. The van der Waals surface area contributed by atoms with Crippen molar-refractivity contribution in [3.63, 3.8) is 0 Å². The number of halogens is 2. The Hall–Kier alpha value is -1.64. The van der Waals surface area contributed by atoms with Crippen molar-refractivity contribution < 1.29 is 8.78 Å². The second-order valence-corrected chi connectivity index (χ2v) is 1.31. The normalized spacial score (nSPS) is 8.90. The molecule has 0 aliphatic heterocycles. The summed E-state index contributed by atoms with van der Waals surface area (Å²) >= 11 is 0. The van der Waals surface area contributed by atoms with E-state index in [2.05, 4.69) is 15.0 Å². The molecule has 4 nitrogen and oxygen atoms in total. The van der Waals surface area contributed by atoms with Crippen LogP contribution < -0.4 is 0 Å². The van der Waals surface area contributed by atoms with Gasteiger partial charge < -0.3 is 0 Å². The lowest BCUT2D eigenvalue weighted by atomic mass is 10.7. The quantitative estimate of drug-likeness (QED) is 0.512. The Morgan fingerprint density at radius 2 is 1.60 bits per heavy atom. The van der Waals surface area contributed by atoms with Crippen molar-refractivity contribution in [1.29, 1.82) is 5.26 Å². The standard InChI is InChI=1S/C4F2N4/c5-3-8-2(1-7)9-4(6)10-3. The zero-order valence-corrected chi connectivity index (χ0v) is 4.54. The molecule has 0 atom stereocenters. The first-order valence-corrected chi connectivity index (χ1v) is 2.19. The smallest absolute Gasteiger partial charge is 0.189 e. The second-order valence-electron chi connectivity index (χ2n) is 1.31. The Labute approximate surface area is 54.2 Å². The molecule has 0 spiro atoms. The van der Waals surface area contributed by atoms with Gasteiger partial charge in [-0.1, -0.05) is 0 Å². The van der Waals surface area contributed by atoms with Crippen molar-refractivity contribution in [2.75, 3.05) is 0 Å². The summed E-state index contributed by atoms with van der Waals surface area (Å²) in [6, 6.07) is 1.37. The van der Waals surface area contributed by atoms with Crippen molar-refractivity contribution in [2.45, 2.75) is 0 Å². The predicted octanol–water partition coefficient (Wildman–Crippen LogP) is 0.0215. The zero-order valence-electron chi connectivity index (χ0n) is 4.54. The fourth-order valence-electron chi connectivity index (χ4n) is 0.376. The van der Waals surface area contributed by atoms with Crippen molar-refractivity contribution in [3.8, 4) is 6.07 Å². The summed E-state index contributed by atoms with van der Waals surface area (Å²) in [5.74, 6) is -0.565. The molecule has 1 rings (SSSR count). The van der Waals surface area contributed by atoms with Gasteiger partial charge in [0.2, 0.25) is 5.82 Å². The third kappa shape index (κ3) is 1.20. The maximum Gasteiger partial charge on any atom is 0.315 e. The van der Waals surface area contributed by atoms with E-state index in [1.807, 2.05) is 0 Å². The Kier molecular flexibility index (Phi) is 1.49. The molecule has 0 saturated carbocycles. The molecule has 0 saturated heterocycles. The van der Waals surface area contributed by atoms with E-state index in [4.69, 9.17) is 5.26 Å². The van der Waals surface area contributed by atoms with Gasteiger partial charge in [-0.05, 0) is 0 Å². The van der Waals surface area contributed by atoms with Gasteiger partial charge in [-0.2, -0.15) is 29.0 Å². The molecule has 0 aliphatic rings. The molecule has 1 aromatic rings. The molecular formula is C4F2N4. The van der Waals surface area contributed by atoms with E-state index in [9.17, 15) is 8.78 Å². The molecule has 0 N–H and O–H groups in total. The largest absolute Gasteiger partial charge is 0.315 e. The second kappa shape index (κ2) is 2.31. The number of hydrogen-bond acceptors (Lipinski definition) is 4. The van der Waals surface area contributed by atoms with Crippen molar-refractivity contribution in [1.82, 2.24) is 15.0 Å². The van der Waals surface area contributed by atoms with E-state index < -0.39 is 18.0 Å². The zero-order chi connectivity index (χ0) is 7.56. The van der Waals surface area contributed by atoms with E-state index in [0.29, 0.717) is 0 Å². The SMILES string of the molecule is N#Cc1nc(F)nc(F)n1. The minimum Gasteiger partial charge on any atom is -0.189 e. The van der Waals surface area contributed by atoms with Crippen LogP contribution in [-0.4, -0.2) is 15.0 Å². The molecule has 0 radical (unpaired) electrons. The fraction of sp³-hybridized carbons (Fsp3) is 0. The van der Waals surface area contributed by atoms with Gasteiger partial charge in [-0.25, -0.2) is 0 Å². The van der Waals surface area contributed by atoms with Crippen LogP contribution in [0, 0.1) is 23.5 Å². The van der Waals surface area contributed by atoms with E-state index >= 15 is 0 Å². The Morgan fingerprint density at radius 3 is 2.00 bits per heavy atom. The molecule has 0 bridgehead atoms. The minimum absolute atomic E-state index is 0.565. The molecule has 0 amide bonds. The van der Waals surface area contributed by atoms with Crippen molar-refractivity contribution in [3.05, 3.63) is 18.0 Å². The van der Waals surface area contributed by atoms with Crippen LogP contribution in [0.2, 0.25) is 0 Å². The maximum atomic E-state index is 12.0. The van der Waals surface area contributed by atoms with E-state index in [0.717, 1.165) is 0 Å². The van der Waals surface area contributed by atoms with Crippen molar-refractivity contribution in [2.24, 2.45) is 0 Å². The molecule has 0 unspecified atom stereocenters. The highest BCUT2D eigenvalue weighted by Crippen LogP contribution is 1.90. The summed E-state index contributed by atoms with van der Waals surface area (Å²) in [6.45, 7) is 0. The first-order valence-electron chi connectivity index (χ1n) is 2.19. The lowest BCUT2D eigenvalue weighted by molar-refractivity contribution is 0.452. The number of hydrogen-bond donors (Lipinski definition) is 0. The molecule has 1 heterocycles. The number of nitriles is 1. The third-order valence-corrected chi connectivity index (χ3v) is 0.681. The molecular weight excluding hydrogens is 142 g/mol. The highest BCUT2D eigenvalue weighted by Gasteiger charge is 2.02. The Bertz CT molecular complexity index is 272. The summed E-state index contributed by atoms with van der Waals surface area (Å²) in [6.07, 6.45) is -2.58. The summed E-state index contributed by atoms with van der Waals surface area (Å²) in [5.41, 5.74) is 0. The van der Waals surface area contributed by atoms with Crippen LogP contribution in [0.5, 0.6) is 0 Å². The van der Waals surface area contributed by atoms with E-state index in [1.165, 1.54) is 6.07 Å². The van der Waals surface area contributed by atoms with Gasteiger partial charge in [0.25, 0.3) is 0 Å². The Balaban J connectivity index is 3.22. The molecule has 6 heteroatoms. The summed E-state index contributed by atoms with van der Waals surface area (Å²) in [7, 11) is 0. The first kappa shape index (κ1) is 6.48. The number of rotatable bonds is 0. The van der Waals surface area contributed by atoms with Crippen LogP contribution in [0.3, 0.4) is 0 Å². The highest BCUT2D eigenvalue weighted by molar-refractivity contribution is 5.05. The van der Waals surface area contributed by atoms with Crippen LogP contribution in [-0.2, 0) is 0 Å². The molecule has 0 fully saturated rings. The number of aromatic nitrogens is 3. The van der Waals surface area contributed by atoms with E-state index in [1.54, 1.807) is 0 Å². The van der Waals surface area contributed by atoms with Gasteiger partial charge >= 0.3 is 12.2 Å². The summed E-state index contributed by atoms with van der Waals surface area (Å²) in [4.78, 5) is 8.30. The average molecular weight is 142 g/mol. The monoisotopic (exact) mass is 142 g/mol. The van der Waals surface area contributed by atoms with Crippen molar-refractivity contribution >= 4 is 0 Å². The highest BCUT2D eigenvalue weighted by atomic mass is 19.1. The van der Waals surface area contributed by atoms with Crippen LogP contribution in [0.25, 0.3) is 0 Å². The van der Waals surface area contributed by atoms with Crippen LogP contribution in [0.1, 0.15) is 5.82 Å². The number of nitrogens with zero attached hydrogens (tertiary/aromatic N) is 4. The van der Waals surface area contributed by atoms with Gasteiger partial charge in [0.15, 0.2) is 0 Å². The predicted molar refractivity (Wildman–Crippen MR) is 24.5 cm³/mol. The maximum absolute atomic E-state index is 12.0. The Morgan fingerprint density at radius 1 is 1.10 bits per heavy atom. The van der Waals surface area contributed by atoms with Crippen LogP contribution >= 0.6 is 0 Å². The van der Waals surface area contributed by atoms with Gasteiger partial charge in [0.1, 0.15) is 6.07 Å². The molecule has 10 heavy (non-hydrogen) atoms. The topological polar surface area (TPSA) is 62.5 Å². The van der Waals surface area contributed by atoms with Crippen LogP contribution in [0.15, 0.2) is 0 Å². The third-order valence-electron chi connectivity index (χ3n) is 0.681. The van der Waals surface area contributed by atoms with Gasteiger partial charge in [0, 0.05) is 0 Å². The fourth-order valence-corrected chi connectivity index (χ4v) is 0.376. The average Bonchev–Trinajstić information content (AvgIpc) is 1.85. The molecule has 0 aliphatic carbocycles. The molecule has 50 valence electrons. The van der Waals surface area contributed by atoms with Gasteiger partial charge in [-0.3, -0.25) is 0 Å². The molecule has 0 aromatic carbocycles. The summed E-state index contributed by atoms with van der Waals surface area (Å²) < 4.78 is 23.9.